The first kappa shape index (κ1) is 29.1. The summed E-state index contributed by atoms with van der Waals surface area (Å²) in [4.78, 5) is 30.5. The number of aromatic nitrogens is 3. The Labute approximate surface area is 219 Å². The Morgan fingerprint density at radius 1 is 1.32 bits per heavy atom. The molecule has 3 heterocycles. The molecule has 0 radical (unpaired) electrons. The van der Waals surface area contributed by atoms with Crippen molar-refractivity contribution in [3.8, 4) is 6.07 Å². The molecule has 6 atom stereocenters. The van der Waals surface area contributed by atoms with Crippen LogP contribution in [0.5, 0.6) is 0 Å². The Morgan fingerprint density at radius 2 is 2.00 bits per heavy atom. The van der Waals surface area contributed by atoms with Gasteiger partial charge in [-0.15, -0.1) is 0 Å². The molecule has 0 amide bonds. The number of carbonyl (C=O) groups excluding carboxylic acids is 2. The maximum absolute atomic E-state index is 12.6. The van der Waals surface area contributed by atoms with Gasteiger partial charge in [-0.05, 0) is 38.6 Å². The summed E-state index contributed by atoms with van der Waals surface area (Å²) in [6.07, 6.45) is -5.49. The first-order chi connectivity index (χ1) is 17.7. The molecule has 0 aliphatic carbocycles. The Bertz CT molecular complexity index is 1200. The molecule has 0 aromatic carbocycles. The molecular formula is C24H34N6O8. The van der Waals surface area contributed by atoms with Gasteiger partial charge in [0.05, 0.1) is 12.3 Å². The second-order valence-corrected chi connectivity index (χ2v) is 10.6. The third kappa shape index (κ3) is 5.81. The van der Waals surface area contributed by atoms with Crippen LogP contribution in [0.15, 0.2) is 18.5 Å². The molecule has 4 N–H and O–H groups in total. The summed E-state index contributed by atoms with van der Waals surface area (Å²) < 4.78 is 22.8. The van der Waals surface area contributed by atoms with E-state index in [1.54, 1.807) is 25.1 Å². The lowest BCUT2D eigenvalue weighted by molar-refractivity contribution is -0.156. The SMILES string of the molecule is C[C@@H](OC(=O)OC[C@H]1O[C@@](C#N)(c2ccc3c(N)ncnn23)[C@H](O)[C@@H]1O)[C@@H](C(=O)OCC(C)(C)C)N(C)C. The highest BCUT2D eigenvalue weighted by atomic mass is 16.7. The molecule has 0 unspecified atom stereocenters. The lowest BCUT2D eigenvalue weighted by Gasteiger charge is -2.29. The fourth-order valence-corrected chi connectivity index (χ4v) is 4.15. The predicted molar refractivity (Wildman–Crippen MR) is 131 cm³/mol. The first-order valence-electron chi connectivity index (χ1n) is 11.9. The highest BCUT2D eigenvalue weighted by Gasteiger charge is 2.58. The second-order valence-electron chi connectivity index (χ2n) is 10.6. The Kier molecular flexibility index (Phi) is 8.47. The lowest BCUT2D eigenvalue weighted by Crippen LogP contribution is -2.47. The molecular weight excluding hydrogens is 500 g/mol. The van der Waals surface area contributed by atoms with E-state index in [-0.39, 0.29) is 23.5 Å². The molecule has 3 rings (SSSR count). The van der Waals surface area contributed by atoms with Crippen LogP contribution in [-0.2, 0) is 29.3 Å². The number of esters is 1. The zero-order valence-corrected chi connectivity index (χ0v) is 22.2. The van der Waals surface area contributed by atoms with Gasteiger partial charge in [0.2, 0.25) is 5.60 Å². The molecule has 1 saturated heterocycles. The summed E-state index contributed by atoms with van der Waals surface area (Å²) in [6.45, 7) is 6.91. The van der Waals surface area contributed by atoms with Crippen LogP contribution >= 0.6 is 0 Å². The van der Waals surface area contributed by atoms with Gasteiger partial charge in [0.25, 0.3) is 0 Å². The molecule has 38 heavy (non-hydrogen) atoms. The number of likely N-dealkylation sites (N-methyl/N-ethyl adjacent to an activating group) is 1. The van der Waals surface area contributed by atoms with Gasteiger partial charge >= 0.3 is 12.1 Å². The van der Waals surface area contributed by atoms with Gasteiger partial charge in [0.1, 0.15) is 55.0 Å². The summed E-state index contributed by atoms with van der Waals surface area (Å²) in [6, 6.07) is 4.02. The molecule has 0 saturated carbocycles. The van der Waals surface area contributed by atoms with Crippen molar-refractivity contribution in [2.75, 3.05) is 33.0 Å². The van der Waals surface area contributed by atoms with Crippen LogP contribution in [-0.4, -0.2) is 99.6 Å². The minimum absolute atomic E-state index is 0.108. The van der Waals surface area contributed by atoms with E-state index in [0.717, 1.165) is 0 Å². The standard InChI is InChI=1S/C24H34N6O8/c1-13(17(29(5)6)21(33)36-11-23(2,3)4)37-22(34)35-9-15-18(31)19(32)24(10-25,38-15)16-8-7-14-20(26)27-12-28-30(14)16/h7-8,12-13,15,17-19,31-32H,9,11H2,1-6H3,(H2,26,27,28)/t13-,15-,17+,18-,19-,24+/m1/s1. The number of ether oxygens (including phenoxy) is 4. The van der Waals surface area contributed by atoms with E-state index >= 15 is 0 Å². The van der Waals surface area contributed by atoms with E-state index < -0.39 is 54.8 Å². The van der Waals surface area contributed by atoms with Crippen LogP contribution in [0, 0.1) is 16.7 Å². The number of fused-ring (bicyclic) bond motifs is 1. The third-order valence-corrected chi connectivity index (χ3v) is 6.02. The molecule has 2 aromatic rings. The van der Waals surface area contributed by atoms with Crippen molar-refractivity contribution in [2.24, 2.45) is 5.41 Å². The van der Waals surface area contributed by atoms with Gasteiger partial charge in [0.15, 0.2) is 5.82 Å². The first-order valence-corrected chi connectivity index (χ1v) is 11.9. The number of nitriles is 1. The summed E-state index contributed by atoms with van der Waals surface area (Å²) in [5.41, 5.74) is 4.05. The molecule has 1 fully saturated rings. The molecule has 1 aliphatic heterocycles. The van der Waals surface area contributed by atoms with Gasteiger partial charge in [-0.25, -0.2) is 14.3 Å². The lowest BCUT2D eigenvalue weighted by atomic mass is 9.92. The summed E-state index contributed by atoms with van der Waals surface area (Å²) in [5.74, 6) is -0.423. The largest absolute Gasteiger partial charge is 0.508 e. The van der Waals surface area contributed by atoms with Crippen molar-refractivity contribution >= 4 is 23.5 Å². The highest BCUT2D eigenvalue weighted by Crippen LogP contribution is 2.40. The van der Waals surface area contributed by atoms with Crippen LogP contribution < -0.4 is 5.73 Å². The number of aliphatic hydroxyl groups excluding tert-OH is 2. The number of carbonyl (C=O) groups is 2. The van der Waals surface area contributed by atoms with Crippen LogP contribution in [0.2, 0.25) is 0 Å². The number of rotatable bonds is 8. The number of nitrogen functional groups attached to an aromatic ring is 1. The average molecular weight is 535 g/mol. The predicted octanol–water partition coefficient (Wildman–Crippen LogP) is 0.212. The van der Waals surface area contributed by atoms with Gasteiger partial charge < -0.3 is 34.9 Å². The average Bonchev–Trinajstić information content (AvgIpc) is 3.37. The summed E-state index contributed by atoms with van der Waals surface area (Å²) in [7, 11) is 3.28. The zero-order chi connectivity index (χ0) is 28.4. The van der Waals surface area contributed by atoms with E-state index in [4.69, 9.17) is 24.7 Å². The number of nitrogens with zero attached hydrogens (tertiary/aromatic N) is 5. The molecule has 0 bridgehead atoms. The van der Waals surface area contributed by atoms with Gasteiger partial charge in [-0.2, -0.15) is 10.4 Å². The molecule has 1 aliphatic rings. The van der Waals surface area contributed by atoms with Gasteiger partial charge in [-0.3, -0.25) is 9.69 Å². The summed E-state index contributed by atoms with van der Waals surface area (Å²) in [5, 5.41) is 35.4. The van der Waals surface area contributed by atoms with E-state index in [1.165, 1.54) is 23.8 Å². The molecule has 14 heteroatoms. The van der Waals surface area contributed by atoms with Crippen molar-refractivity contribution in [1.82, 2.24) is 19.5 Å². The number of nitrogens with two attached hydrogens (primary N) is 1. The Hall–Kier alpha value is -3.51. The van der Waals surface area contributed by atoms with Crippen molar-refractivity contribution in [3.05, 3.63) is 24.2 Å². The fraction of sp³-hybridized carbons (Fsp3) is 0.625. The summed E-state index contributed by atoms with van der Waals surface area (Å²) >= 11 is 0. The van der Waals surface area contributed by atoms with E-state index in [1.807, 2.05) is 26.8 Å². The van der Waals surface area contributed by atoms with Crippen LogP contribution in [0.25, 0.3) is 5.52 Å². The van der Waals surface area contributed by atoms with Crippen LogP contribution in [0.4, 0.5) is 10.6 Å². The molecule has 208 valence electrons. The maximum Gasteiger partial charge on any atom is 0.508 e. The van der Waals surface area contributed by atoms with Crippen LogP contribution in [0.3, 0.4) is 0 Å². The monoisotopic (exact) mass is 534 g/mol. The molecule has 14 nitrogen and oxygen atoms in total. The molecule has 2 aromatic heterocycles. The van der Waals surface area contributed by atoms with Crippen molar-refractivity contribution in [3.63, 3.8) is 0 Å². The Balaban J connectivity index is 1.67. The highest BCUT2D eigenvalue weighted by molar-refractivity contribution is 5.77. The minimum atomic E-state index is -2.04. The number of aliphatic hydroxyl groups is 2. The number of anilines is 1. The van der Waals surface area contributed by atoms with Crippen molar-refractivity contribution in [1.29, 1.82) is 5.26 Å². The minimum Gasteiger partial charge on any atom is -0.464 e. The van der Waals surface area contributed by atoms with Crippen LogP contribution in [0.1, 0.15) is 33.4 Å². The quantitative estimate of drug-likeness (QED) is 0.389. The van der Waals surface area contributed by atoms with Crippen molar-refractivity contribution in [2.45, 2.75) is 63.8 Å². The van der Waals surface area contributed by atoms with E-state index in [9.17, 15) is 25.1 Å². The second kappa shape index (κ2) is 11.1. The maximum atomic E-state index is 12.6. The normalized spacial score (nSPS) is 25.1. The number of hydrogen-bond donors (Lipinski definition) is 3. The smallest absolute Gasteiger partial charge is 0.464 e. The van der Waals surface area contributed by atoms with Crippen molar-refractivity contribution < 1.29 is 38.7 Å². The zero-order valence-electron chi connectivity index (χ0n) is 22.2. The van der Waals surface area contributed by atoms with Gasteiger partial charge in [0, 0.05) is 0 Å². The number of hydrogen-bond acceptors (Lipinski definition) is 13. The Morgan fingerprint density at radius 3 is 2.61 bits per heavy atom. The van der Waals surface area contributed by atoms with E-state index in [0.29, 0.717) is 5.52 Å². The van der Waals surface area contributed by atoms with E-state index in [2.05, 4.69) is 10.1 Å². The van der Waals surface area contributed by atoms with Gasteiger partial charge in [-0.1, -0.05) is 20.8 Å². The third-order valence-electron chi connectivity index (χ3n) is 6.02. The topological polar surface area (TPSA) is 195 Å². The molecule has 0 spiro atoms. The fourth-order valence-electron chi connectivity index (χ4n) is 4.15.